The third-order valence-corrected chi connectivity index (χ3v) is 2.40. The Morgan fingerprint density at radius 2 is 2.35 bits per heavy atom. The van der Waals surface area contributed by atoms with Gasteiger partial charge in [-0.1, -0.05) is 0 Å². The summed E-state index contributed by atoms with van der Waals surface area (Å²) in [5.74, 6) is -0.176. The molecule has 0 radical (unpaired) electrons. The van der Waals surface area contributed by atoms with E-state index >= 15 is 0 Å². The molecule has 0 spiro atoms. The highest BCUT2D eigenvalue weighted by atomic mass is 16.5. The molecule has 0 atom stereocenters. The van der Waals surface area contributed by atoms with Crippen LogP contribution in [-0.2, 0) is 4.79 Å². The van der Waals surface area contributed by atoms with E-state index in [1.807, 2.05) is 25.1 Å². The Labute approximate surface area is 98.5 Å². The Kier molecular flexibility index (Phi) is 3.14. The van der Waals surface area contributed by atoms with Crippen molar-refractivity contribution in [3.05, 3.63) is 36.0 Å². The van der Waals surface area contributed by atoms with Crippen LogP contribution in [0.1, 0.15) is 12.5 Å². The van der Waals surface area contributed by atoms with Gasteiger partial charge >= 0.3 is 5.97 Å². The first-order valence-corrected chi connectivity index (χ1v) is 5.35. The number of ether oxygens (including phenoxy) is 1. The topological polar surface area (TPSA) is 62.3 Å². The number of carboxylic acids is 1. The molecule has 2 N–H and O–H groups in total. The van der Waals surface area contributed by atoms with Gasteiger partial charge in [-0.2, -0.15) is 0 Å². The van der Waals surface area contributed by atoms with Gasteiger partial charge in [0.05, 0.1) is 6.61 Å². The van der Waals surface area contributed by atoms with Gasteiger partial charge in [0.25, 0.3) is 0 Å². The zero-order valence-corrected chi connectivity index (χ0v) is 9.43. The van der Waals surface area contributed by atoms with E-state index in [9.17, 15) is 4.79 Å². The minimum Gasteiger partial charge on any atom is -0.494 e. The number of H-pyrrole nitrogens is 1. The lowest BCUT2D eigenvalue weighted by Gasteiger charge is -2.02. The summed E-state index contributed by atoms with van der Waals surface area (Å²) in [6.45, 7) is 2.53. The fourth-order valence-electron chi connectivity index (χ4n) is 1.68. The van der Waals surface area contributed by atoms with Gasteiger partial charge in [-0.05, 0) is 31.2 Å². The second kappa shape index (κ2) is 4.74. The van der Waals surface area contributed by atoms with Crippen LogP contribution in [0.3, 0.4) is 0 Å². The molecule has 0 saturated carbocycles. The second-order valence-electron chi connectivity index (χ2n) is 3.56. The Morgan fingerprint density at radius 1 is 1.53 bits per heavy atom. The van der Waals surface area contributed by atoms with Gasteiger partial charge < -0.3 is 14.8 Å². The fourth-order valence-corrected chi connectivity index (χ4v) is 1.68. The van der Waals surface area contributed by atoms with Gasteiger partial charge in [0.15, 0.2) is 0 Å². The number of carboxylic acid groups (broad SMARTS) is 1. The van der Waals surface area contributed by atoms with Crippen LogP contribution in [0.2, 0.25) is 0 Å². The Morgan fingerprint density at radius 3 is 3.06 bits per heavy atom. The summed E-state index contributed by atoms with van der Waals surface area (Å²) in [4.78, 5) is 13.6. The van der Waals surface area contributed by atoms with Crippen molar-refractivity contribution in [3.63, 3.8) is 0 Å². The van der Waals surface area contributed by atoms with Crippen molar-refractivity contribution in [2.45, 2.75) is 6.92 Å². The molecule has 1 heterocycles. The van der Waals surface area contributed by atoms with Crippen molar-refractivity contribution >= 4 is 22.9 Å². The first-order valence-electron chi connectivity index (χ1n) is 5.35. The number of benzene rings is 1. The molecule has 4 nitrogen and oxygen atoms in total. The number of rotatable bonds is 4. The molecule has 1 aromatic heterocycles. The summed E-state index contributed by atoms with van der Waals surface area (Å²) < 4.78 is 5.41. The molecule has 2 rings (SSSR count). The lowest BCUT2D eigenvalue weighted by Crippen LogP contribution is -1.90. The van der Waals surface area contributed by atoms with Gasteiger partial charge in [-0.25, -0.2) is 4.79 Å². The number of aromatic nitrogens is 1. The van der Waals surface area contributed by atoms with Crippen LogP contribution < -0.4 is 4.74 Å². The predicted octanol–water partition coefficient (Wildman–Crippen LogP) is 2.66. The maximum absolute atomic E-state index is 10.5. The van der Waals surface area contributed by atoms with Crippen molar-refractivity contribution in [2.24, 2.45) is 0 Å². The molecule has 0 bridgehead atoms. The number of hydrogen-bond donors (Lipinski definition) is 2. The highest BCUT2D eigenvalue weighted by Crippen LogP contribution is 2.24. The Hall–Kier alpha value is -2.23. The van der Waals surface area contributed by atoms with E-state index in [4.69, 9.17) is 9.84 Å². The zero-order valence-electron chi connectivity index (χ0n) is 9.43. The highest BCUT2D eigenvalue weighted by molar-refractivity contribution is 5.93. The molecule has 0 unspecified atom stereocenters. The molecular weight excluding hydrogens is 218 g/mol. The number of fused-ring (bicyclic) bond motifs is 1. The molecular formula is C13H13NO3. The lowest BCUT2D eigenvalue weighted by molar-refractivity contribution is -0.131. The van der Waals surface area contributed by atoms with Crippen molar-refractivity contribution in [1.82, 2.24) is 4.98 Å². The standard InChI is InChI=1S/C13H13NO3/c1-2-17-10-4-5-12-11(7-10)9(8-14-12)3-6-13(15)16/h3-8,14H,2H2,1H3,(H,15,16)/b6-3+. The van der Waals surface area contributed by atoms with Crippen LogP contribution in [-0.4, -0.2) is 22.7 Å². The minimum absolute atomic E-state index is 0.607. The summed E-state index contributed by atoms with van der Waals surface area (Å²) in [6.07, 6.45) is 4.46. The zero-order chi connectivity index (χ0) is 12.3. The molecule has 0 aliphatic heterocycles. The maximum atomic E-state index is 10.5. The maximum Gasteiger partial charge on any atom is 0.328 e. The molecule has 88 valence electrons. The highest BCUT2D eigenvalue weighted by Gasteiger charge is 2.03. The van der Waals surface area contributed by atoms with Crippen molar-refractivity contribution < 1.29 is 14.6 Å². The van der Waals surface area contributed by atoms with Crippen LogP contribution in [0, 0.1) is 0 Å². The van der Waals surface area contributed by atoms with Crippen LogP contribution in [0.4, 0.5) is 0 Å². The summed E-state index contributed by atoms with van der Waals surface area (Å²) in [5, 5.41) is 9.55. The predicted molar refractivity (Wildman–Crippen MR) is 66.1 cm³/mol. The Bertz CT molecular complexity index is 569. The van der Waals surface area contributed by atoms with Crippen molar-refractivity contribution in [1.29, 1.82) is 0 Å². The molecule has 0 aliphatic carbocycles. The van der Waals surface area contributed by atoms with E-state index in [2.05, 4.69) is 4.98 Å². The van der Waals surface area contributed by atoms with E-state index in [-0.39, 0.29) is 0 Å². The SMILES string of the molecule is CCOc1ccc2[nH]cc(/C=C/C(=O)O)c2c1. The van der Waals surface area contributed by atoms with E-state index < -0.39 is 5.97 Å². The molecule has 1 aromatic carbocycles. The largest absolute Gasteiger partial charge is 0.494 e. The summed E-state index contributed by atoms with van der Waals surface area (Å²) in [5.41, 5.74) is 1.79. The number of carbonyl (C=O) groups is 1. The van der Waals surface area contributed by atoms with Crippen LogP contribution >= 0.6 is 0 Å². The third kappa shape index (κ3) is 2.47. The number of nitrogens with one attached hydrogen (secondary N) is 1. The van der Waals surface area contributed by atoms with Gasteiger partial charge in [0, 0.05) is 28.7 Å². The minimum atomic E-state index is -0.958. The van der Waals surface area contributed by atoms with E-state index in [1.54, 1.807) is 12.3 Å². The average Bonchev–Trinajstić information content (AvgIpc) is 2.69. The summed E-state index contributed by atoms with van der Waals surface area (Å²) >= 11 is 0. The molecule has 2 aromatic rings. The molecule has 0 amide bonds. The van der Waals surface area contributed by atoms with Crippen LogP contribution in [0.25, 0.3) is 17.0 Å². The molecule has 0 saturated heterocycles. The lowest BCUT2D eigenvalue weighted by atomic mass is 10.1. The third-order valence-electron chi connectivity index (χ3n) is 2.40. The smallest absolute Gasteiger partial charge is 0.328 e. The van der Waals surface area contributed by atoms with Gasteiger partial charge in [0.1, 0.15) is 5.75 Å². The van der Waals surface area contributed by atoms with Gasteiger partial charge in [-0.15, -0.1) is 0 Å². The molecule has 17 heavy (non-hydrogen) atoms. The van der Waals surface area contributed by atoms with E-state index in [0.717, 1.165) is 28.3 Å². The molecule has 0 fully saturated rings. The average molecular weight is 231 g/mol. The summed E-state index contributed by atoms with van der Waals surface area (Å²) in [7, 11) is 0. The first kappa shape index (κ1) is 11.3. The molecule has 4 heteroatoms. The number of aliphatic carboxylic acids is 1. The van der Waals surface area contributed by atoms with Crippen LogP contribution in [0.15, 0.2) is 30.5 Å². The van der Waals surface area contributed by atoms with Gasteiger partial charge in [-0.3, -0.25) is 0 Å². The van der Waals surface area contributed by atoms with E-state index in [1.165, 1.54) is 0 Å². The van der Waals surface area contributed by atoms with Gasteiger partial charge in [0.2, 0.25) is 0 Å². The quantitative estimate of drug-likeness (QED) is 0.795. The fraction of sp³-hybridized carbons (Fsp3) is 0.154. The monoisotopic (exact) mass is 231 g/mol. The van der Waals surface area contributed by atoms with E-state index in [0.29, 0.717) is 6.61 Å². The van der Waals surface area contributed by atoms with Crippen LogP contribution in [0.5, 0.6) is 5.75 Å². The van der Waals surface area contributed by atoms with Crippen molar-refractivity contribution in [2.75, 3.05) is 6.61 Å². The normalized spacial score (nSPS) is 11.1. The van der Waals surface area contributed by atoms with Crippen molar-refractivity contribution in [3.8, 4) is 5.75 Å². The number of aromatic amines is 1. The first-order chi connectivity index (χ1) is 8.20. The Balaban J connectivity index is 2.42. The summed E-state index contributed by atoms with van der Waals surface area (Å²) in [6, 6.07) is 5.70. The number of hydrogen-bond acceptors (Lipinski definition) is 2. The second-order valence-corrected chi connectivity index (χ2v) is 3.56. The molecule has 0 aliphatic rings.